The van der Waals surface area contributed by atoms with Crippen molar-refractivity contribution in [3.63, 3.8) is 0 Å². The number of carbonyl (C=O) groups is 3. The van der Waals surface area contributed by atoms with Crippen molar-refractivity contribution in [1.82, 2.24) is 10.2 Å². The average molecular weight is 467 g/mol. The molecule has 1 aliphatic heterocycles. The molecule has 1 aliphatic carbocycles. The molecule has 8 heteroatoms. The molecule has 2 amide bonds. The third-order valence-corrected chi connectivity index (χ3v) is 6.51. The predicted molar refractivity (Wildman–Crippen MR) is 125 cm³/mol. The second kappa shape index (κ2) is 10.7. The van der Waals surface area contributed by atoms with Crippen molar-refractivity contribution in [3.05, 3.63) is 59.7 Å². The molecule has 0 radical (unpaired) electrons. The number of morpholine rings is 1. The van der Waals surface area contributed by atoms with Crippen LogP contribution in [-0.4, -0.2) is 66.9 Å². The highest BCUT2D eigenvalue weighted by Gasteiger charge is 2.33. The minimum absolute atomic E-state index is 0.00500. The summed E-state index contributed by atoms with van der Waals surface area (Å²) < 4.78 is 10.7. The summed E-state index contributed by atoms with van der Waals surface area (Å²) in [6.45, 7) is 3.16. The molecule has 1 fully saturated rings. The van der Waals surface area contributed by atoms with E-state index in [1.54, 1.807) is 0 Å². The van der Waals surface area contributed by atoms with Gasteiger partial charge < -0.3 is 24.8 Å². The van der Waals surface area contributed by atoms with Gasteiger partial charge in [0.05, 0.1) is 13.2 Å². The molecular weight excluding hydrogens is 436 g/mol. The van der Waals surface area contributed by atoms with Crippen LogP contribution < -0.4 is 5.32 Å². The number of carboxylic acids is 1. The first-order chi connectivity index (χ1) is 16.5. The molecule has 1 heterocycles. The summed E-state index contributed by atoms with van der Waals surface area (Å²) in [5.41, 5.74) is 4.67. The van der Waals surface area contributed by atoms with Crippen molar-refractivity contribution >= 4 is 18.0 Å². The molecule has 2 N–H and O–H groups in total. The molecule has 2 aromatic carbocycles. The Hall–Kier alpha value is -3.39. The normalized spacial score (nSPS) is 18.0. The SMILES string of the molecule is CC(CCNC(=O)OCC1c2ccccc2-c2ccccc21)CC(=O)N1CCOCC1C(=O)O. The highest BCUT2D eigenvalue weighted by molar-refractivity contribution is 5.84. The van der Waals surface area contributed by atoms with Gasteiger partial charge in [0, 0.05) is 25.4 Å². The van der Waals surface area contributed by atoms with Gasteiger partial charge in [0.1, 0.15) is 6.61 Å². The Morgan fingerprint density at radius 1 is 1.12 bits per heavy atom. The Labute approximate surface area is 198 Å². The lowest BCUT2D eigenvalue weighted by molar-refractivity contribution is -0.158. The Balaban J connectivity index is 1.22. The molecule has 2 aromatic rings. The van der Waals surface area contributed by atoms with E-state index in [1.807, 2.05) is 31.2 Å². The quantitative estimate of drug-likeness (QED) is 0.619. The summed E-state index contributed by atoms with van der Waals surface area (Å²) in [5, 5.41) is 12.1. The minimum atomic E-state index is -1.06. The first-order valence-corrected chi connectivity index (χ1v) is 11.6. The van der Waals surface area contributed by atoms with Gasteiger partial charge in [-0.2, -0.15) is 0 Å². The van der Waals surface area contributed by atoms with Crippen LogP contribution in [0.15, 0.2) is 48.5 Å². The summed E-state index contributed by atoms with van der Waals surface area (Å²) in [4.78, 5) is 37.6. The van der Waals surface area contributed by atoms with Gasteiger partial charge in [0.15, 0.2) is 6.04 Å². The van der Waals surface area contributed by atoms with Crippen LogP contribution in [0.4, 0.5) is 4.79 Å². The second-order valence-corrected chi connectivity index (χ2v) is 8.87. The number of carboxylic acid groups (broad SMARTS) is 1. The molecule has 0 bridgehead atoms. The zero-order valence-electron chi connectivity index (χ0n) is 19.2. The van der Waals surface area contributed by atoms with Gasteiger partial charge in [-0.3, -0.25) is 4.79 Å². The van der Waals surface area contributed by atoms with Crippen molar-refractivity contribution in [2.75, 3.05) is 32.9 Å². The monoisotopic (exact) mass is 466 g/mol. The van der Waals surface area contributed by atoms with Crippen LogP contribution in [0.3, 0.4) is 0 Å². The number of nitrogens with one attached hydrogen (secondary N) is 1. The summed E-state index contributed by atoms with van der Waals surface area (Å²) in [6, 6.07) is 15.4. The number of carbonyl (C=O) groups excluding carboxylic acids is 2. The number of nitrogens with zero attached hydrogens (tertiary/aromatic N) is 1. The zero-order valence-corrected chi connectivity index (χ0v) is 19.2. The van der Waals surface area contributed by atoms with Gasteiger partial charge >= 0.3 is 12.1 Å². The number of alkyl carbamates (subject to hydrolysis) is 1. The summed E-state index contributed by atoms with van der Waals surface area (Å²) in [5.74, 6) is -1.27. The molecular formula is C26H30N2O6. The van der Waals surface area contributed by atoms with Crippen molar-refractivity contribution in [3.8, 4) is 11.1 Å². The number of aliphatic carboxylic acids is 1. The molecule has 34 heavy (non-hydrogen) atoms. The van der Waals surface area contributed by atoms with E-state index >= 15 is 0 Å². The number of amides is 2. The van der Waals surface area contributed by atoms with Crippen molar-refractivity contribution in [2.45, 2.75) is 31.7 Å². The Morgan fingerprint density at radius 3 is 2.41 bits per heavy atom. The third-order valence-electron chi connectivity index (χ3n) is 6.51. The molecule has 2 unspecified atom stereocenters. The Morgan fingerprint density at radius 2 is 1.76 bits per heavy atom. The van der Waals surface area contributed by atoms with Crippen LogP contribution in [-0.2, 0) is 19.1 Å². The van der Waals surface area contributed by atoms with E-state index in [9.17, 15) is 19.5 Å². The van der Waals surface area contributed by atoms with Gasteiger partial charge in [0.2, 0.25) is 5.91 Å². The molecule has 4 rings (SSSR count). The van der Waals surface area contributed by atoms with E-state index in [0.717, 1.165) is 11.1 Å². The summed E-state index contributed by atoms with van der Waals surface area (Å²) in [7, 11) is 0. The first-order valence-electron chi connectivity index (χ1n) is 11.6. The fourth-order valence-corrected chi connectivity index (χ4v) is 4.69. The Kier molecular flexibility index (Phi) is 7.47. The maximum Gasteiger partial charge on any atom is 0.407 e. The van der Waals surface area contributed by atoms with E-state index in [2.05, 4.69) is 29.6 Å². The number of ether oxygens (including phenoxy) is 2. The standard InChI is InChI=1S/C26H30N2O6/c1-17(14-24(29)28-12-13-33-16-23(28)25(30)31)10-11-27-26(32)34-15-22-20-8-4-2-6-18(20)19-7-3-5-9-21(19)22/h2-9,17,22-23H,10-16H2,1H3,(H,27,32)(H,30,31). The van der Waals surface area contributed by atoms with Crippen LogP contribution in [0.1, 0.15) is 36.8 Å². The van der Waals surface area contributed by atoms with Gasteiger partial charge in [-0.1, -0.05) is 55.5 Å². The van der Waals surface area contributed by atoms with Gasteiger partial charge in [-0.05, 0) is 34.6 Å². The highest BCUT2D eigenvalue weighted by Crippen LogP contribution is 2.44. The highest BCUT2D eigenvalue weighted by atomic mass is 16.5. The molecule has 0 spiro atoms. The molecule has 2 aliphatic rings. The average Bonchev–Trinajstić information content (AvgIpc) is 3.16. The largest absolute Gasteiger partial charge is 0.480 e. The molecule has 8 nitrogen and oxygen atoms in total. The molecule has 2 atom stereocenters. The van der Waals surface area contributed by atoms with Crippen molar-refractivity contribution in [2.24, 2.45) is 5.92 Å². The lowest BCUT2D eigenvalue weighted by Gasteiger charge is -2.33. The van der Waals surface area contributed by atoms with Crippen LogP contribution in [0.5, 0.6) is 0 Å². The number of hydrogen-bond donors (Lipinski definition) is 2. The van der Waals surface area contributed by atoms with E-state index in [1.165, 1.54) is 16.0 Å². The van der Waals surface area contributed by atoms with E-state index in [4.69, 9.17) is 9.47 Å². The maximum atomic E-state index is 12.6. The zero-order chi connectivity index (χ0) is 24.1. The third kappa shape index (κ3) is 5.22. The predicted octanol–water partition coefficient (Wildman–Crippen LogP) is 3.25. The fourth-order valence-electron chi connectivity index (χ4n) is 4.69. The number of hydrogen-bond acceptors (Lipinski definition) is 5. The van der Waals surface area contributed by atoms with Crippen LogP contribution >= 0.6 is 0 Å². The second-order valence-electron chi connectivity index (χ2n) is 8.87. The van der Waals surface area contributed by atoms with E-state index in [0.29, 0.717) is 19.6 Å². The van der Waals surface area contributed by atoms with Crippen LogP contribution in [0.2, 0.25) is 0 Å². The number of fused-ring (bicyclic) bond motifs is 3. The van der Waals surface area contributed by atoms with E-state index < -0.39 is 18.1 Å². The fraction of sp³-hybridized carbons (Fsp3) is 0.423. The smallest absolute Gasteiger partial charge is 0.407 e. The molecule has 0 aromatic heterocycles. The number of rotatable bonds is 8. The molecule has 1 saturated heterocycles. The lowest BCUT2D eigenvalue weighted by atomic mass is 9.98. The van der Waals surface area contributed by atoms with E-state index in [-0.39, 0.29) is 43.9 Å². The molecule has 0 saturated carbocycles. The van der Waals surface area contributed by atoms with Crippen molar-refractivity contribution in [1.29, 1.82) is 0 Å². The van der Waals surface area contributed by atoms with Crippen LogP contribution in [0, 0.1) is 5.92 Å². The lowest BCUT2D eigenvalue weighted by Crippen LogP contribution is -2.52. The Bertz CT molecular complexity index is 1010. The molecule has 180 valence electrons. The van der Waals surface area contributed by atoms with Gasteiger partial charge in [-0.15, -0.1) is 0 Å². The number of benzene rings is 2. The van der Waals surface area contributed by atoms with Gasteiger partial charge in [0.25, 0.3) is 0 Å². The summed E-state index contributed by atoms with van der Waals surface area (Å²) >= 11 is 0. The van der Waals surface area contributed by atoms with Crippen molar-refractivity contribution < 1.29 is 29.0 Å². The van der Waals surface area contributed by atoms with Crippen LogP contribution in [0.25, 0.3) is 11.1 Å². The topological polar surface area (TPSA) is 105 Å². The minimum Gasteiger partial charge on any atom is -0.480 e. The summed E-state index contributed by atoms with van der Waals surface area (Å²) in [6.07, 6.45) is 0.313. The first kappa shape index (κ1) is 23.8. The van der Waals surface area contributed by atoms with Gasteiger partial charge in [-0.25, -0.2) is 9.59 Å². The maximum absolute atomic E-state index is 12.6.